The van der Waals surface area contributed by atoms with E-state index in [9.17, 15) is 14.0 Å². The third-order valence-corrected chi connectivity index (χ3v) is 6.95. The number of carbonyl (C=O) groups is 2. The Hall–Kier alpha value is -5.16. The first-order valence-corrected chi connectivity index (χ1v) is 14.3. The predicted octanol–water partition coefficient (Wildman–Crippen LogP) is 6.95. The van der Waals surface area contributed by atoms with Crippen LogP contribution in [0.1, 0.15) is 33.3 Å². The van der Waals surface area contributed by atoms with E-state index in [1.165, 1.54) is 36.5 Å². The molecule has 0 fully saturated rings. The number of aryl methyl sites for hydroxylation is 2. The number of halogens is 2. The van der Waals surface area contributed by atoms with Gasteiger partial charge in [0.2, 0.25) is 0 Å². The molecule has 0 saturated heterocycles. The number of anilines is 1. The molecule has 0 aliphatic carbocycles. The molecule has 0 atom stereocenters. The lowest BCUT2D eigenvalue weighted by Gasteiger charge is -2.10. The van der Waals surface area contributed by atoms with Crippen LogP contribution >= 0.6 is 15.9 Å². The van der Waals surface area contributed by atoms with Gasteiger partial charge in [0.15, 0.2) is 12.4 Å². The van der Waals surface area contributed by atoms with Crippen LogP contribution in [0.15, 0.2) is 105 Å². The Morgan fingerprint density at radius 3 is 2.39 bits per heavy atom. The van der Waals surface area contributed by atoms with E-state index in [4.69, 9.17) is 13.9 Å². The molecule has 0 bridgehead atoms. The van der Waals surface area contributed by atoms with Crippen LogP contribution in [0.2, 0.25) is 0 Å². The fourth-order valence-electron chi connectivity index (χ4n) is 4.34. The number of hydrogen-bond donors (Lipinski definition) is 2. The van der Waals surface area contributed by atoms with Crippen molar-refractivity contribution in [3.63, 3.8) is 0 Å². The van der Waals surface area contributed by atoms with Gasteiger partial charge in [-0.25, -0.2) is 9.82 Å². The van der Waals surface area contributed by atoms with Crippen LogP contribution < -0.4 is 20.2 Å². The van der Waals surface area contributed by atoms with Crippen molar-refractivity contribution in [1.29, 1.82) is 0 Å². The minimum Gasteiger partial charge on any atom is -0.486 e. The zero-order chi connectivity index (χ0) is 31.1. The molecule has 9 nitrogen and oxygen atoms in total. The lowest BCUT2D eigenvalue weighted by atomic mass is 10.2. The van der Waals surface area contributed by atoms with Crippen LogP contribution in [-0.2, 0) is 11.4 Å². The summed E-state index contributed by atoms with van der Waals surface area (Å²) in [7, 11) is 0. The summed E-state index contributed by atoms with van der Waals surface area (Å²) < 4.78 is 33.1. The van der Waals surface area contributed by atoms with Crippen molar-refractivity contribution in [1.82, 2.24) is 9.99 Å². The van der Waals surface area contributed by atoms with E-state index in [1.54, 1.807) is 24.3 Å². The summed E-state index contributed by atoms with van der Waals surface area (Å²) in [4.78, 5) is 24.9. The molecular formula is C33H28BrFN4O5. The number of rotatable bonds is 11. The molecule has 0 spiro atoms. The summed E-state index contributed by atoms with van der Waals surface area (Å²) in [6.45, 7) is 3.97. The Morgan fingerprint density at radius 1 is 0.932 bits per heavy atom. The molecule has 2 amide bonds. The average Bonchev–Trinajstić information content (AvgIpc) is 3.63. The van der Waals surface area contributed by atoms with Crippen LogP contribution in [0.4, 0.5) is 10.1 Å². The molecule has 224 valence electrons. The van der Waals surface area contributed by atoms with Gasteiger partial charge in [-0.2, -0.15) is 5.10 Å². The molecule has 2 aromatic heterocycles. The smallest absolute Gasteiger partial charge is 0.307 e. The topological polar surface area (TPSA) is 107 Å². The number of nitrogens with one attached hydrogen (secondary N) is 2. The van der Waals surface area contributed by atoms with E-state index in [0.29, 0.717) is 28.5 Å². The van der Waals surface area contributed by atoms with Crippen molar-refractivity contribution in [3.05, 3.63) is 130 Å². The molecular weight excluding hydrogens is 631 g/mol. The van der Waals surface area contributed by atoms with Gasteiger partial charge >= 0.3 is 5.91 Å². The number of aromatic nitrogens is 1. The number of ether oxygens (including phenoxy) is 2. The molecule has 0 radical (unpaired) electrons. The highest BCUT2D eigenvalue weighted by molar-refractivity contribution is 9.10. The lowest BCUT2D eigenvalue weighted by molar-refractivity contribution is -0.118. The number of hydrazone groups is 1. The quantitative estimate of drug-likeness (QED) is 0.118. The Bertz CT molecular complexity index is 1780. The highest BCUT2D eigenvalue weighted by atomic mass is 79.9. The molecule has 5 rings (SSSR count). The summed E-state index contributed by atoms with van der Waals surface area (Å²) in [5.41, 5.74) is 6.72. The standard InChI is InChI=1S/C33H28BrFN4O5/c1-21-3-4-22(2)39(21)27-10-12-28(13-11-27)42-19-29-14-16-31(44-29)33(41)38-36-18-23-17-24(34)5-15-30(23)43-20-32(40)37-26-8-6-25(35)7-9-26/h3-18H,19-20H2,1-2H3,(H,37,40)(H,38,41)/b36-18+. The van der Waals surface area contributed by atoms with Gasteiger partial charge in [-0.1, -0.05) is 15.9 Å². The van der Waals surface area contributed by atoms with Crippen molar-refractivity contribution in [2.75, 3.05) is 11.9 Å². The maximum Gasteiger partial charge on any atom is 0.307 e. The van der Waals surface area contributed by atoms with E-state index < -0.39 is 17.6 Å². The number of amides is 2. The molecule has 0 aliphatic heterocycles. The summed E-state index contributed by atoms with van der Waals surface area (Å²) in [5, 5.41) is 6.64. The third kappa shape index (κ3) is 7.81. The molecule has 0 unspecified atom stereocenters. The second-order valence-corrected chi connectivity index (χ2v) is 10.6. The van der Waals surface area contributed by atoms with Gasteiger partial charge in [0, 0.05) is 32.8 Å². The second-order valence-electron chi connectivity index (χ2n) is 9.73. The third-order valence-electron chi connectivity index (χ3n) is 6.46. The van der Waals surface area contributed by atoms with Crippen molar-refractivity contribution in [3.8, 4) is 17.2 Å². The second kappa shape index (κ2) is 13.9. The Balaban J connectivity index is 1.13. The molecule has 11 heteroatoms. The van der Waals surface area contributed by atoms with E-state index in [0.717, 1.165) is 21.5 Å². The molecule has 44 heavy (non-hydrogen) atoms. The van der Waals surface area contributed by atoms with Crippen molar-refractivity contribution >= 4 is 39.6 Å². The predicted molar refractivity (Wildman–Crippen MR) is 168 cm³/mol. The number of furan rings is 1. The van der Waals surface area contributed by atoms with Crippen LogP contribution in [0.25, 0.3) is 5.69 Å². The zero-order valence-electron chi connectivity index (χ0n) is 23.8. The first-order chi connectivity index (χ1) is 21.2. The zero-order valence-corrected chi connectivity index (χ0v) is 25.4. The average molecular weight is 660 g/mol. The first-order valence-electron chi connectivity index (χ1n) is 13.5. The van der Waals surface area contributed by atoms with Crippen molar-refractivity contribution in [2.45, 2.75) is 20.5 Å². The van der Waals surface area contributed by atoms with Gasteiger partial charge in [-0.15, -0.1) is 0 Å². The van der Waals surface area contributed by atoms with Crippen molar-refractivity contribution in [2.24, 2.45) is 5.10 Å². The highest BCUT2D eigenvalue weighted by Crippen LogP contribution is 2.23. The number of benzene rings is 3. The summed E-state index contributed by atoms with van der Waals surface area (Å²) in [6, 6.07) is 25.6. The molecule has 2 heterocycles. The van der Waals surface area contributed by atoms with Gasteiger partial charge < -0.3 is 23.8 Å². The van der Waals surface area contributed by atoms with E-state index in [-0.39, 0.29) is 19.0 Å². The molecule has 0 aliphatic rings. The van der Waals surface area contributed by atoms with Crippen LogP contribution in [-0.4, -0.2) is 29.2 Å². The van der Waals surface area contributed by atoms with Crippen LogP contribution in [0.5, 0.6) is 11.5 Å². The molecule has 3 aromatic carbocycles. The van der Waals surface area contributed by atoms with Gasteiger partial charge in [0.25, 0.3) is 5.91 Å². The van der Waals surface area contributed by atoms with E-state index in [2.05, 4.69) is 62.3 Å². The molecule has 0 saturated carbocycles. The molecule has 5 aromatic rings. The fraction of sp³-hybridized carbons (Fsp3) is 0.121. The minimum absolute atomic E-state index is 0.0674. The largest absolute Gasteiger partial charge is 0.486 e. The van der Waals surface area contributed by atoms with Gasteiger partial charge in [0.05, 0.1) is 6.21 Å². The SMILES string of the molecule is Cc1ccc(C)n1-c1ccc(OCc2ccc(C(=O)N/N=C/c3cc(Br)ccc3OCC(=O)Nc3ccc(F)cc3)o2)cc1. The first kappa shape index (κ1) is 30.3. The monoisotopic (exact) mass is 658 g/mol. The van der Waals surface area contributed by atoms with Crippen molar-refractivity contribution < 1.29 is 27.9 Å². The Morgan fingerprint density at radius 2 is 1.66 bits per heavy atom. The maximum atomic E-state index is 13.1. The minimum atomic E-state index is -0.551. The normalized spacial score (nSPS) is 11.0. The van der Waals surface area contributed by atoms with Crippen LogP contribution in [0.3, 0.4) is 0 Å². The van der Waals surface area contributed by atoms with Gasteiger partial charge in [-0.05, 0) is 105 Å². The van der Waals surface area contributed by atoms with Gasteiger partial charge in [0.1, 0.15) is 29.7 Å². The Kier molecular flexibility index (Phi) is 9.56. The van der Waals surface area contributed by atoms with Crippen LogP contribution in [0, 0.1) is 19.7 Å². The lowest BCUT2D eigenvalue weighted by Crippen LogP contribution is -2.20. The fourth-order valence-corrected chi connectivity index (χ4v) is 4.72. The molecule has 2 N–H and O–H groups in total. The maximum absolute atomic E-state index is 13.1. The van der Waals surface area contributed by atoms with E-state index in [1.807, 2.05) is 24.3 Å². The summed E-state index contributed by atoms with van der Waals surface area (Å²) in [6.07, 6.45) is 1.39. The number of hydrogen-bond acceptors (Lipinski definition) is 6. The number of nitrogens with zero attached hydrogens (tertiary/aromatic N) is 2. The van der Waals surface area contributed by atoms with E-state index >= 15 is 0 Å². The van der Waals surface area contributed by atoms with Gasteiger partial charge in [-0.3, -0.25) is 9.59 Å². The summed E-state index contributed by atoms with van der Waals surface area (Å²) in [5.74, 6) is 0.202. The highest BCUT2D eigenvalue weighted by Gasteiger charge is 2.12. The number of carbonyl (C=O) groups excluding carboxylic acids is 2. The summed E-state index contributed by atoms with van der Waals surface area (Å²) >= 11 is 3.39. The Labute approximate surface area is 261 Å².